The van der Waals surface area contributed by atoms with E-state index in [9.17, 15) is 36.0 Å². The number of anilines is 3. The smallest absolute Gasteiger partial charge is 0.307 e. The molecule has 2 atom stereocenters. The molecule has 3 aromatic rings. The molecule has 1 saturated carbocycles. The van der Waals surface area contributed by atoms with E-state index in [2.05, 4.69) is 10.3 Å². The molecule has 5 rings (SSSR count). The van der Waals surface area contributed by atoms with Crippen molar-refractivity contribution in [2.24, 2.45) is 5.92 Å². The number of urea groups is 1. The number of nitrogens with zero attached hydrogens (tertiary/aromatic N) is 3. The lowest BCUT2D eigenvalue weighted by Gasteiger charge is -2.22. The Balaban J connectivity index is 1.45. The second kappa shape index (κ2) is 9.06. The highest BCUT2D eigenvalue weighted by molar-refractivity contribution is 7.92. The van der Waals surface area contributed by atoms with Gasteiger partial charge in [-0.05, 0) is 66.9 Å². The van der Waals surface area contributed by atoms with Gasteiger partial charge in [0.15, 0.2) is 0 Å². The predicted octanol–water partition coefficient (Wildman–Crippen LogP) is 5.03. The van der Waals surface area contributed by atoms with Crippen LogP contribution in [0.15, 0.2) is 71.8 Å². The normalized spacial score (nSPS) is 21.0. The van der Waals surface area contributed by atoms with Crippen molar-refractivity contribution in [3.63, 3.8) is 0 Å². The summed E-state index contributed by atoms with van der Waals surface area (Å²) in [6.45, 7) is 1.77. The first-order valence-corrected chi connectivity index (χ1v) is 13.3. The molecule has 14 heteroatoms. The van der Waals surface area contributed by atoms with Crippen LogP contribution in [0.25, 0.3) is 0 Å². The minimum Gasteiger partial charge on any atom is -0.307 e. The number of imide groups is 1. The van der Waals surface area contributed by atoms with E-state index in [-0.39, 0.29) is 23.1 Å². The average Bonchev–Trinajstić information content (AvgIpc) is 3.49. The van der Waals surface area contributed by atoms with Gasteiger partial charge in [-0.25, -0.2) is 23.1 Å². The number of hydrogen-bond donors (Lipinski definition) is 1. The molecule has 1 aromatic heterocycles. The highest BCUT2D eigenvalue weighted by atomic mass is 35.5. The van der Waals surface area contributed by atoms with Crippen LogP contribution < -0.4 is 15.1 Å². The maximum absolute atomic E-state index is 13.6. The van der Waals surface area contributed by atoms with Crippen molar-refractivity contribution in [3.8, 4) is 0 Å². The van der Waals surface area contributed by atoms with Crippen LogP contribution in [0, 0.1) is 5.92 Å². The lowest BCUT2D eigenvalue weighted by Crippen LogP contribution is -2.39. The zero-order valence-electron chi connectivity index (χ0n) is 19.9. The molecular formula is C25H18ClF3N4O5S. The number of aromatic nitrogens is 1. The third-order valence-electron chi connectivity index (χ3n) is 6.69. The van der Waals surface area contributed by atoms with Crippen molar-refractivity contribution < 1.29 is 36.0 Å². The number of benzene rings is 2. The van der Waals surface area contributed by atoms with Crippen molar-refractivity contribution in [2.75, 3.05) is 15.1 Å². The van der Waals surface area contributed by atoms with E-state index < -0.39 is 43.6 Å². The van der Waals surface area contributed by atoms with Gasteiger partial charge in [0.1, 0.15) is 11.4 Å². The molecule has 2 unspecified atom stereocenters. The third kappa shape index (κ3) is 4.31. The van der Waals surface area contributed by atoms with Crippen LogP contribution >= 0.6 is 11.6 Å². The molecule has 4 amide bonds. The monoisotopic (exact) mass is 578 g/mol. The lowest BCUT2D eigenvalue weighted by atomic mass is 10.1. The number of amides is 4. The first-order valence-electron chi connectivity index (χ1n) is 11.4. The van der Waals surface area contributed by atoms with Gasteiger partial charge in [-0.1, -0.05) is 18.5 Å². The van der Waals surface area contributed by atoms with Crippen molar-refractivity contribution in [1.82, 2.24) is 4.98 Å². The van der Waals surface area contributed by atoms with E-state index in [0.717, 1.165) is 17.0 Å². The number of pyridine rings is 1. The van der Waals surface area contributed by atoms with Gasteiger partial charge in [-0.3, -0.25) is 14.5 Å². The van der Waals surface area contributed by atoms with E-state index in [4.69, 9.17) is 11.6 Å². The van der Waals surface area contributed by atoms with Crippen molar-refractivity contribution in [1.29, 1.82) is 0 Å². The van der Waals surface area contributed by atoms with Crippen LogP contribution in [0.4, 0.5) is 35.2 Å². The first-order chi connectivity index (χ1) is 18.3. The molecule has 2 aliphatic rings. The summed E-state index contributed by atoms with van der Waals surface area (Å²) < 4.78 is 62.1. The Kier molecular flexibility index (Phi) is 6.18. The quantitative estimate of drug-likeness (QED) is 0.424. The Morgan fingerprint density at radius 3 is 2.23 bits per heavy atom. The zero-order chi connectivity index (χ0) is 28.3. The number of alkyl halides is 3. The van der Waals surface area contributed by atoms with Crippen molar-refractivity contribution >= 4 is 56.5 Å². The largest absolute Gasteiger partial charge is 0.501 e. The van der Waals surface area contributed by atoms with Gasteiger partial charge < -0.3 is 5.32 Å². The number of nitrogens with one attached hydrogen (secondary N) is 1. The highest BCUT2D eigenvalue weighted by Crippen LogP contribution is 2.55. The summed E-state index contributed by atoms with van der Waals surface area (Å²) >= 11 is 5.86. The summed E-state index contributed by atoms with van der Waals surface area (Å²) in [6, 6.07) is 11.6. The molecular weight excluding hydrogens is 561 g/mol. The van der Waals surface area contributed by atoms with Gasteiger partial charge in [0, 0.05) is 22.8 Å². The molecule has 39 heavy (non-hydrogen) atoms. The molecule has 1 aliphatic carbocycles. The van der Waals surface area contributed by atoms with Crippen molar-refractivity contribution in [2.45, 2.75) is 29.3 Å². The number of sulfone groups is 1. The Labute approximate surface area is 225 Å². The summed E-state index contributed by atoms with van der Waals surface area (Å²) in [6.07, 6.45) is 1.67. The molecule has 1 spiro atoms. The predicted molar refractivity (Wildman–Crippen MR) is 135 cm³/mol. The number of halogens is 4. The minimum absolute atomic E-state index is 0.0857. The first kappa shape index (κ1) is 26.6. The molecule has 202 valence electrons. The Bertz CT molecular complexity index is 1610. The van der Waals surface area contributed by atoms with E-state index >= 15 is 0 Å². The van der Waals surface area contributed by atoms with Crippen LogP contribution in [0.3, 0.4) is 0 Å². The van der Waals surface area contributed by atoms with Gasteiger partial charge in [0.05, 0.1) is 16.3 Å². The minimum atomic E-state index is -5.60. The summed E-state index contributed by atoms with van der Waals surface area (Å²) in [4.78, 5) is 44.8. The van der Waals surface area contributed by atoms with Gasteiger partial charge >= 0.3 is 11.5 Å². The van der Waals surface area contributed by atoms with E-state index in [0.29, 0.717) is 29.1 Å². The number of hydrogen-bond acceptors (Lipinski definition) is 6. The molecule has 1 N–H and O–H groups in total. The second-order valence-electron chi connectivity index (χ2n) is 9.09. The molecule has 1 saturated heterocycles. The molecule has 0 bridgehead atoms. The fourth-order valence-corrected chi connectivity index (χ4v) is 5.45. The molecule has 2 fully saturated rings. The Morgan fingerprint density at radius 1 is 1.05 bits per heavy atom. The summed E-state index contributed by atoms with van der Waals surface area (Å²) in [5.74, 6) is -1.22. The van der Waals surface area contributed by atoms with Crippen LogP contribution in [0.5, 0.6) is 0 Å². The standard InChI is InChI=1S/C25H18ClF3N4O5S/c1-14-13-24(14)22(35)32(17-6-8-19(9-7-17)39(37,38)25(27,28)29)23(36)33(24)18-10-11-30-20(12-18)31-21(34)15-2-4-16(26)5-3-15/h2-12,14H,13H2,1H3,(H,30,31,34). The van der Waals surface area contributed by atoms with E-state index in [1.54, 1.807) is 19.1 Å². The number of carbonyl (C=O) groups excluding carboxylic acids is 3. The Morgan fingerprint density at radius 2 is 1.67 bits per heavy atom. The maximum Gasteiger partial charge on any atom is 0.501 e. The zero-order valence-corrected chi connectivity index (χ0v) is 21.5. The summed E-state index contributed by atoms with van der Waals surface area (Å²) in [5.41, 5.74) is -6.25. The highest BCUT2D eigenvalue weighted by Gasteiger charge is 2.70. The van der Waals surface area contributed by atoms with Gasteiger partial charge in [0.2, 0.25) is 0 Å². The van der Waals surface area contributed by atoms with Crippen LogP contribution in [-0.2, 0) is 14.6 Å². The lowest BCUT2D eigenvalue weighted by molar-refractivity contribution is -0.119. The fourth-order valence-electron chi connectivity index (χ4n) is 4.56. The maximum atomic E-state index is 13.6. The van der Waals surface area contributed by atoms with Crippen molar-refractivity contribution in [3.05, 3.63) is 77.4 Å². The fraction of sp³-hybridized carbons (Fsp3) is 0.200. The van der Waals surface area contributed by atoms with Crippen LogP contribution in [0.1, 0.15) is 23.7 Å². The van der Waals surface area contributed by atoms with Gasteiger partial charge in [0.25, 0.3) is 21.7 Å². The van der Waals surface area contributed by atoms with E-state index in [1.165, 1.54) is 35.4 Å². The summed E-state index contributed by atoms with van der Waals surface area (Å²) in [5, 5.41) is 3.08. The SMILES string of the molecule is CC1CC12C(=O)N(c1ccc(S(=O)(=O)C(F)(F)F)cc1)C(=O)N2c1ccnc(NC(=O)c2ccc(Cl)cc2)c1. The summed E-state index contributed by atoms with van der Waals surface area (Å²) in [7, 11) is -5.60. The molecule has 9 nitrogen and oxygen atoms in total. The molecule has 1 aliphatic heterocycles. The van der Waals surface area contributed by atoms with Gasteiger partial charge in [-0.2, -0.15) is 13.2 Å². The van der Waals surface area contributed by atoms with E-state index in [1.807, 2.05) is 0 Å². The van der Waals surface area contributed by atoms with Crippen LogP contribution in [-0.4, -0.2) is 42.3 Å². The third-order valence-corrected chi connectivity index (χ3v) is 8.44. The molecule has 2 aromatic carbocycles. The number of rotatable bonds is 5. The topological polar surface area (TPSA) is 117 Å². The van der Waals surface area contributed by atoms with Gasteiger partial charge in [-0.15, -0.1) is 0 Å². The second-order valence-corrected chi connectivity index (χ2v) is 11.5. The number of carbonyl (C=O) groups is 3. The average molecular weight is 579 g/mol. The molecule has 2 heterocycles. The molecule has 0 radical (unpaired) electrons. The van der Waals surface area contributed by atoms with Crippen LogP contribution in [0.2, 0.25) is 5.02 Å². The Hall–Kier alpha value is -3.97.